The van der Waals surface area contributed by atoms with Crippen molar-refractivity contribution in [2.75, 3.05) is 47.5 Å². The third kappa shape index (κ3) is 7.02. The molecule has 0 amide bonds. The van der Waals surface area contributed by atoms with E-state index in [1.807, 2.05) is 14.1 Å². The number of hydrogen-bond acceptors (Lipinski definition) is 6. The Bertz CT molecular complexity index is 737. The zero-order valence-electron chi connectivity index (χ0n) is 16.1. The Morgan fingerprint density at radius 3 is 2.61 bits per heavy atom. The van der Waals surface area contributed by atoms with Crippen LogP contribution in [0.15, 0.2) is 24.4 Å². The molecule has 2 aromatic rings. The van der Waals surface area contributed by atoms with Crippen molar-refractivity contribution in [3.63, 3.8) is 0 Å². The molecule has 0 saturated carbocycles. The molecule has 1 heterocycles. The molecule has 2 rings (SSSR count). The van der Waals surface area contributed by atoms with Gasteiger partial charge in [-0.25, -0.2) is 0 Å². The van der Waals surface area contributed by atoms with Gasteiger partial charge in [-0.1, -0.05) is 0 Å². The van der Waals surface area contributed by atoms with Gasteiger partial charge in [0.05, 0.1) is 12.3 Å². The summed E-state index contributed by atoms with van der Waals surface area (Å²) in [6.07, 6.45) is -3.07. The number of methoxy groups -OCH3 is 1. The molecule has 1 aromatic carbocycles. The van der Waals surface area contributed by atoms with E-state index in [1.165, 1.54) is 19.2 Å². The van der Waals surface area contributed by atoms with Crippen molar-refractivity contribution < 1.29 is 27.4 Å². The van der Waals surface area contributed by atoms with Gasteiger partial charge in [-0.05, 0) is 26.2 Å². The summed E-state index contributed by atoms with van der Waals surface area (Å²) >= 11 is 0. The van der Waals surface area contributed by atoms with E-state index < -0.39 is 6.36 Å². The smallest absolute Gasteiger partial charge is 0.491 e. The summed E-state index contributed by atoms with van der Waals surface area (Å²) in [6.45, 7) is 2.72. The van der Waals surface area contributed by atoms with Crippen molar-refractivity contribution in [1.82, 2.24) is 20.4 Å². The molecule has 28 heavy (non-hydrogen) atoms. The van der Waals surface area contributed by atoms with Crippen molar-refractivity contribution in [1.29, 1.82) is 0 Å². The van der Waals surface area contributed by atoms with E-state index in [4.69, 9.17) is 9.47 Å². The van der Waals surface area contributed by atoms with E-state index in [0.29, 0.717) is 24.4 Å². The first-order chi connectivity index (χ1) is 13.3. The van der Waals surface area contributed by atoms with Gasteiger partial charge in [-0.15, -0.1) is 13.2 Å². The molecule has 0 fully saturated rings. The van der Waals surface area contributed by atoms with E-state index in [-0.39, 0.29) is 18.1 Å². The van der Waals surface area contributed by atoms with Crippen LogP contribution in [0.3, 0.4) is 0 Å². The number of aromatic nitrogens is 2. The van der Waals surface area contributed by atoms with Gasteiger partial charge in [-0.2, -0.15) is 5.10 Å². The number of rotatable bonds is 11. The summed E-state index contributed by atoms with van der Waals surface area (Å²) in [5.41, 5.74) is 1.86. The van der Waals surface area contributed by atoms with Crippen LogP contribution in [0.2, 0.25) is 0 Å². The summed E-state index contributed by atoms with van der Waals surface area (Å²) in [4.78, 5) is 2.08. The molecule has 0 atom stereocenters. The highest BCUT2D eigenvalue weighted by Gasteiger charge is 2.31. The van der Waals surface area contributed by atoms with Crippen molar-refractivity contribution in [2.24, 2.45) is 0 Å². The van der Waals surface area contributed by atoms with Gasteiger partial charge in [0.25, 0.3) is 0 Å². The fourth-order valence-electron chi connectivity index (χ4n) is 2.59. The maximum Gasteiger partial charge on any atom is 0.573 e. The van der Waals surface area contributed by atoms with Crippen molar-refractivity contribution in [3.05, 3.63) is 30.0 Å². The van der Waals surface area contributed by atoms with E-state index in [2.05, 4.69) is 25.2 Å². The summed E-state index contributed by atoms with van der Waals surface area (Å²) < 4.78 is 52.6. The second-order valence-electron chi connectivity index (χ2n) is 6.18. The van der Waals surface area contributed by atoms with Crippen LogP contribution in [-0.2, 0) is 11.3 Å². The van der Waals surface area contributed by atoms with E-state index in [9.17, 15) is 13.2 Å². The number of likely N-dealkylation sites (N-methyl/N-ethyl adjacent to an activating group) is 2. The van der Waals surface area contributed by atoms with Gasteiger partial charge < -0.3 is 24.4 Å². The highest BCUT2D eigenvalue weighted by atomic mass is 19.4. The van der Waals surface area contributed by atoms with Crippen molar-refractivity contribution >= 4 is 0 Å². The van der Waals surface area contributed by atoms with Gasteiger partial charge >= 0.3 is 6.36 Å². The Morgan fingerprint density at radius 1 is 1.18 bits per heavy atom. The average molecular weight is 402 g/mol. The lowest BCUT2D eigenvalue weighted by atomic mass is 10.1. The molecule has 0 aliphatic carbocycles. The zero-order chi connectivity index (χ0) is 20.6. The molecule has 0 radical (unpaired) electrons. The van der Waals surface area contributed by atoms with Gasteiger partial charge in [0.15, 0.2) is 0 Å². The fraction of sp³-hybridized carbons (Fsp3) is 0.500. The summed E-state index contributed by atoms with van der Waals surface area (Å²) in [5.74, 6) is -0.124. The topological polar surface area (TPSA) is 71.6 Å². The third-order valence-corrected chi connectivity index (χ3v) is 3.85. The third-order valence-electron chi connectivity index (χ3n) is 3.85. The lowest BCUT2D eigenvalue weighted by molar-refractivity contribution is -0.274. The van der Waals surface area contributed by atoms with Crippen LogP contribution in [0.25, 0.3) is 11.3 Å². The second kappa shape index (κ2) is 10.3. The molecule has 0 saturated heterocycles. The maximum atomic E-state index is 12.7. The van der Waals surface area contributed by atoms with Crippen LogP contribution in [-0.4, -0.2) is 69.0 Å². The zero-order valence-corrected chi connectivity index (χ0v) is 16.1. The Morgan fingerprint density at radius 2 is 1.93 bits per heavy atom. The van der Waals surface area contributed by atoms with Crippen LogP contribution in [0.1, 0.15) is 5.56 Å². The lowest BCUT2D eigenvalue weighted by Crippen LogP contribution is -2.27. The molecule has 10 heteroatoms. The van der Waals surface area contributed by atoms with Gasteiger partial charge in [0, 0.05) is 50.1 Å². The first-order valence-electron chi connectivity index (χ1n) is 8.71. The first kappa shape index (κ1) is 22.0. The standard InChI is InChI=1S/C18H25F3N4O3/c1-22-4-5-25(2)12-14-11-23-24-17(14)13-8-15(27-7-6-26-3)10-16(9-13)28-18(19,20)21/h8-11,22H,4-7,12H2,1-3H3,(H,23,24). The minimum Gasteiger partial charge on any atom is -0.491 e. The molecule has 0 bridgehead atoms. The molecule has 1 aromatic heterocycles. The predicted molar refractivity (Wildman–Crippen MR) is 98.3 cm³/mol. The Balaban J connectivity index is 2.29. The van der Waals surface area contributed by atoms with Gasteiger partial charge in [0.2, 0.25) is 0 Å². The van der Waals surface area contributed by atoms with Crippen LogP contribution in [0, 0.1) is 0 Å². The lowest BCUT2D eigenvalue weighted by Gasteiger charge is -2.17. The van der Waals surface area contributed by atoms with E-state index in [0.717, 1.165) is 18.7 Å². The number of ether oxygens (including phenoxy) is 3. The molecule has 0 spiro atoms. The number of benzene rings is 1. The first-order valence-corrected chi connectivity index (χ1v) is 8.71. The maximum absolute atomic E-state index is 12.7. The highest BCUT2D eigenvalue weighted by Crippen LogP contribution is 2.33. The summed E-state index contributed by atoms with van der Waals surface area (Å²) in [5, 5.41) is 10.1. The normalized spacial score (nSPS) is 11.8. The van der Waals surface area contributed by atoms with E-state index in [1.54, 1.807) is 12.3 Å². The monoisotopic (exact) mass is 402 g/mol. The van der Waals surface area contributed by atoms with Crippen molar-refractivity contribution in [3.8, 4) is 22.8 Å². The fourth-order valence-corrected chi connectivity index (χ4v) is 2.59. The predicted octanol–water partition coefficient (Wildman–Crippen LogP) is 2.65. The van der Waals surface area contributed by atoms with Crippen LogP contribution >= 0.6 is 0 Å². The number of H-pyrrole nitrogens is 1. The van der Waals surface area contributed by atoms with Crippen molar-refractivity contribution in [2.45, 2.75) is 12.9 Å². The number of nitrogens with zero attached hydrogens (tertiary/aromatic N) is 2. The molecular formula is C18H25F3N4O3. The molecule has 156 valence electrons. The molecule has 2 N–H and O–H groups in total. The molecular weight excluding hydrogens is 377 g/mol. The van der Waals surface area contributed by atoms with Gasteiger partial charge in [-0.3, -0.25) is 5.10 Å². The largest absolute Gasteiger partial charge is 0.573 e. The number of halogens is 3. The molecule has 0 unspecified atom stereocenters. The Kier molecular flexibility index (Phi) is 8.09. The molecule has 0 aliphatic heterocycles. The minimum atomic E-state index is -4.80. The van der Waals surface area contributed by atoms with Crippen LogP contribution in [0.4, 0.5) is 13.2 Å². The average Bonchev–Trinajstić information content (AvgIpc) is 3.06. The number of alkyl halides is 3. The van der Waals surface area contributed by atoms with E-state index >= 15 is 0 Å². The van der Waals surface area contributed by atoms with Crippen LogP contribution < -0.4 is 14.8 Å². The quantitative estimate of drug-likeness (QED) is 0.563. The SMILES string of the molecule is CNCCN(C)Cc1c[nH]nc1-c1cc(OCCOC)cc(OC(F)(F)F)c1. The Hall–Kier alpha value is -2.30. The highest BCUT2D eigenvalue weighted by molar-refractivity contribution is 5.66. The number of hydrogen-bond donors (Lipinski definition) is 2. The molecule has 0 aliphatic rings. The summed E-state index contributed by atoms with van der Waals surface area (Å²) in [6, 6.07) is 4.12. The summed E-state index contributed by atoms with van der Waals surface area (Å²) in [7, 11) is 5.34. The second-order valence-corrected chi connectivity index (χ2v) is 6.18. The van der Waals surface area contributed by atoms with Crippen LogP contribution in [0.5, 0.6) is 11.5 Å². The Labute approximate surface area is 161 Å². The number of aromatic amines is 1. The minimum absolute atomic E-state index is 0.200. The van der Waals surface area contributed by atoms with Gasteiger partial charge in [0.1, 0.15) is 18.1 Å². The number of nitrogens with one attached hydrogen (secondary N) is 2. The molecule has 7 nitrogen and oxygen atoms in total.